The lowest BCUT2D eigenvalue weighted by Crippen LogP contribution is -2.43. The fraction of sp³-hybridized carbons (Fsp3) is 0.727. The molecule has 1 aliphatic heterocycles. The maximum Gasteiger partial charge on any atom is 0.273 e. The normalized spacial score (nSPS) is 19.9. The van der Waals surface area contributed by atoms with Gasteiger partial charge in [0.1, 0.15) is 11.8 Å². The van der Waals surface area contributed by atoms with Gasteiger partial charge in [-0.3, -0.25) is 0 Å². The molecule has 1 atom stereocenters. The molecule has 0 aliphatic carbocycles. The lowest BCUT2D eigenvalue weighted by Gasteiger charge is -2.30. The molecule has 0 bridgehead atoms. The fourth-order valence-corrected chi connectivity index (χ4v) is 1.88. The second kappa shape index (κ2) is 6.50. The lowest BCUT2D eigenvalue weighted by atomic mass is 10.0. The molecule has 0 aromatic rings. The molecular weight excluding hydrogens is 231 g/mol. The van der Waals surface area contributed by atoms with Crippen LogP contribution < -0.4 is 5.32 Å². The number of hydrogen-bond acceptors (Lipinski definition) is 3. The molecule has 1 unspecified atom stereocenters. The molecule has 96 valence electrons. The number of hydrogen-bond donors (Lipinski definition) is 1. The molecule has 0 aromatic carbocycles. The average molecular weight is 247 g/mol. The minimum Gasteiger partial charge on any atom is -0.360 e. The molecule has 0 saturated carbocycles. The van der Waals surface area contributed by atoms with Crippen LogP contribution in [0.5, 0.6) is 0 Å². The first-order valence-electron chi connectivity index (χ1n) is 5.62. The average Bonchev–Trinajstić information content (AvgIpc) is 2.35. The third-order valence-electron chi connectivity index (χ3n) is 2.78. The van der Waals surface area contributed by atoms with Gasteiger partial charge in [-0.2, -0.15) is 5.26 Å². The Bertz CT molecular complexity index is 316. The Morgan fingerprint density at radius 2 is 1.94 bits per heavy atom. The molecule has 1 saturated heterocycles. The second-order valence-corrected chi connectivity index (χ2v) is 3.81. The van der Waals surface area contributed by atoms with Crippen LogP contribution in [0, 0.1) is 11.3 Å². The highest BCUT2D eigenvalue weighted by Crippen LogP contribution is 2.23. The van der Waals surface area contributed by atoms with Crippen molar-refractivity contribution in [3.05, 3.63) is 11.3 Å². The topological polar surface area (TPSA) is 39.1 Å². The van der Waals surface area contributed by atoms with E-state index in [2.05, 4.69) is 5.32 Å². The highest BCUT2D eigenvalue weighted by Gasteiger charge is 2.28. The minimum absolute atomic E-state index is 0.0711. The van der Waals surface area contributed by atoms with Crippen molar-refractivity contribution in [1.82, 2.24) is 10.2 Å². The summed E-state index contributed by atoms with van der Waals surface area (Å²) in [4.78, 5) is 1.67. The van der Waals surface area contributed by atoms with Crippen LogP contribution in [0.4, 0.5) is 13.2 Å². The highest BCUT2D eigenvalue weighted by molar-refractivity contribution is 5.30. The fourth-order valence-electron chi connectivity index (χ4n) is 1.88. The van der Waals surface area contributed by atoms with E-state index < -0.39 is 12.6 Å². The number of nitrogens with zero attached hydrogens (tertiary/aromatic N) is 2. The van der Waals surface area contributed by atoms with Crippen molar-refractivity contribution in [2.45, 2.75) is 25.9 Å². The van der Waals surface area contributed by atoms with E-state index in [1.54, 1.807) is 11.8 Å². The molecular formula is C11H16F3N3. The molecule has 1 fully saturated rings. The molecule has 0 radical (unpaired) electrons. The monoisotopic (exact) mass is 247 g/mol. The van der Waals surface area contributed by atoms with Crippen molar-refractivity contribution in [3.8, 4) is 6.07 Å². The van der Waals surface area contributed by atoms with E-state index in [-0.39, 0.29) is 17.7 Å². The van der Waals surface area contributed by atoms with Gasteiger partial charge < -0.3 is 10.2 Å². The van der Waals surface area contributed by atoms with Crippen LogP contribution in [0.25, 0.3) is 0 Å². The molecule has 1 aliphatic rings. The Kier molecular flexibility index (Phi) is 5.29. The van der Waals surface area contributed by atoms with Crippen LogP contribution in [-0.2, 0) is 0 Å². The predicted molar refractivity (Wildman–Crippen MR) is 58.3 cm³/mol. The molecule has 0 aromatic heterocycles. The summed E-state index contributed by atoms with van der Waals surface area (Å²) in [5.74, 6) is 0. The minimum atomic E-state index is -3.07. The summed E-state index contributed by atoms with van der Waals surface area (Å²) in [5, 5.41) is 12.1. The van der Waals surface area contributed by atoms with Gasteiger partial charge in [0.05, 0.1) is 0 Å². The van der Waals surface area contributed by atoms with E-state index in [0.29, 0.717) is 26.2 Å². The first kappa shape index (κ1) is 13.8. The van der Waals surface area contributed by atoms with Gasteiger partial charge in [-0.05, 0) is 6.42 Å². The van der Waals surface area contributed by atoms with Crippen molar-refractivity contribution in [2.24, 2.45) is 0 Å². The molecule has 1 heterocycles. The van der Waals surface area contributed by atoms with E-state index in [9.17, 15) is 13.2 Å². The first-order chi connectivity index (χ1) is 8.11. The first-order valence-corrected chi connectivity index (χ1v) is 5.62. The van der Waals surface area contributed by atoms with E-state index in [1.165, 1.54) is 0 Å². The van der Waals surface area contributed by atoms with E-state index in [1.807, 2.05) is 6.07 Å². The van der Waals surface area contributed by atoms with Gasteiger partial charge in [0.2, 0.25) is 0 Å². The summed E-state index contributed by atoms with van der Waals surface area (Å²) < 4.78 is 38.1. The van der Waals surface area contributed by atoms with E-state index in [4.69, 9.17) is 5.26 Å². The summed E-state index contributed by atoms with van der Waals surface area (Å²) >= 11 is 0. The molecule has 0 spiro atoms. The highest BCUT2D eigenvalue weighted by atomic mass is 19.3. The van der Waals surface area contributed by atoms with Gasteiger partial charge in [0.15, 0.2) is 6.17 Å². The van der Waals surface area contributed by atoms with Gasteiger partial charge in [0.25, 0.3) is 6.43 Å². The number of alkyl halides is 3. The Morgan fingerprint density at radius 1 is 1.35 bits per heavy atom. The van der Waals surface area contributed by atoms with Crippen molar-refractivity contribution >= 4 is 0 Å². The van der Waals surface area contributed by atoms with Gasteiger partial charge in [-0.25, -0.2) is 13.2 Å². The Balaban J connectivity index is 2.96. The zero-order chi connectivity index (χ0) is 12.8. The smallest absolute Gasteiger partial charge is 0.273 e. The quantitative estimate of drug-likeness (QED) is 0.768. The number of halogens is 3. The van der Waals surface area contributed by atoms with Gasteiger partial charge in [0, 0.05) is 31.8 Å². The third-order valence-corrected chi connectivity index (χ3v) is 2.78. The van der Waals surface area contributed by atoms with Crippen LogP contribution in [0.15, 0.2) is 11.3 Å². The Morgan fingerprint density at radius 3 is 2.35 bits per heavy atom. The standard InChI is InChI=1S/C11H16F3N3/c1-2-8(10(12)11(13)14)9(7-15)17-5-3-16-4-6-17/h10-11,16H,2-6H2,1H3. The SMILES string of the molecule is CCC(=C(C#N)N1CCNCC1)C(F)C(F)F. The summed E-state index contributed by atoms with van der Waals surface area (Å²) in [7, 11) is 0. The zero-order valence-electron chi connectivity index (χ0n) is 9.72. The predicted octanol–water partition coefficient (Wildman–Crippen LogP) is 1.68. The third kappa shape index (κ3) is 3.37. The summed E-state index contributed by atoms with van der Waals surface area (Å²) in [6.45, 7) is 4.02. The Labute approximate surface area is 98.9 Å². The van der Waals surface area contributed by atoms with Crippen LogP contribution in [0.2, 0.25) is 0 Å². The van der Waals surface area contributed by atoms with Crippen molar-refractivity contribution in [3.63, 3.8) is 0 Å². The molecule has 1 N–H and O–H groups in total. The zero-order valence-corrected chi connectivity index (χ0v) is 9.72. The summed E-state index contributed by atoms with van der Waals surface area (Å²) in [6.07, 6.45) is -5.29. The molecule has 6 heteroatoms. The van der Waals surface area contributed by atoms with Gasteiger partial charge in [-0.1, -0.05) is 6.92 Å². The van der Waals surface area contributed by atoms with Crippen LogP contribution in [0.3, 0.4) is 0 Å². The van der Waals surface area contributed by atoms with Gasteiger partial charge >= 0.3 is 0 Å². The summed E-state index contributed by atoms with van der Waals surface area (Å²) in [5.41, 5.74) is -0.0220. The summed E-state index contributed by atoms with van der Waals surface area (Å²) in [6, 6.07) is 1.86. The van der Waals surface area contributed by atoms with E-state index >= 15 is 0 Å². The van der Waals surface area contributed by atoms with Crippen molar-refractivity contribution in [2.75, 3.05) is 26.2 Å². The second-order valence-electron chi connectivity index (χ2n) is 3.81. The molecule has 1 rings (SSSR count). The van der Waals surface area contributed by atoms with Crippen molar-refractivity contribution < 1.29 is 13.2 Å². The maximum atomic E-state index is 13.4. The van der Waals surface area contributed by atoms with Gasteiger partial charge in [-0.15, -0.1) is 0 Å². The number of allylic oxidation sites excluding steroid dienone is 2. The van der Waals surface area contributed by atoms with E-state index in [0.717, 1.165) is 0 Å². The van der Waals surface area contributed by atoms with Crippen molar-refractivity contribution in [1.29, 1.82) is 5.26 Å². The number of rotatable bonds is 4. The molecule has 0 amide bonds. The maximum absolute atomic E-state index is 13.4. The molecule has 3 nitrogen and oxygen atoms in total. The Hall–Kier alpha value is -1.22. The van der Waals surface area contributed by atoms with Crippen LogP contribution >= 0.6 is 0 Å². The lowest BCUT2D eigenvalue weighted by molar-refractivity contribution is 0.0660. The van der Waals surface area contributed by atoms with Crippen LogP contribution in [0.1, 0.15) is 13.3 Å². The number of piperazine rings is 1. The number of nitrogens with one attached hydrogen (secondary N) is 1. The largest absolute Gasteiger partial charge is 0.360 e. The van der Waals surface area contributed by atoms with Crippen LogP contribution in [-0.4, -0.2) is 43.7 Å². The number of nitriles is 1. The molecule has 17 heavy (non-hydrogen) atoms.